The normalized spacial score (nSPS) is 15.6. The molecule has 2 aliphatic heterocycles. The summed E-state index contributed by atoms with van der Waals surface area (Å²) in [5.41, 5.74) is 1.76. The summed E-state index contributed by atoms with van der Waals surface area (Å²) in [7, 11) is 0. The molecule has 0 atom stereocenters. The first-order valence-corrected chi connectivity index (χ1v) is 10.6. The fourth-order valence-electron chi connectivity index (χ4n) is 3.91. The summed E-state index contributed by atoms with van der Waals surface area (Å²) in [5, 5.41) is 2.83. The Balaban J connectivity index is 1.51. The van der Waals surface area contributed by atoms with E-state index < -0.39 is 6.03 Å². The van der Waals surface area contributed by atoms with Crippen LogP contribution in [0.1, 0.15) is 19.8 Å². The van der Waals surface area contributed by atoms with Gasteiger partial charge in [-0.3, -0.25) is 19.4 Å². The molecule has 2 heterocycles. The standard InChI is InChI=1S/C23H26N4O4/c1-2-31-18-11-9-17(10-12-18)24-23(30)27-16-22(29)26(19-7-3-4-8-20(19)27)15-21(28)25-13-5-6-14-25/h3-4,7-12H,2,5-6,13-16H2,1H3,(H,24,30). The Kier molecular flexibility index (Phi) is 6.06. The fourth-order valence-corrected chi connectivity index (χ4v) is 3.91. The molecular weight excluding hydrogens is 396 g/mol. The zero-order valence-corrected chi connectivity index (χ0v) is 17.5. The zero-order valence-electron chi connectivity index (χ0n) is 17.5. The third-order valence-electron chi connectivity index (χ3n) is 5.47. The number of ether oxygens (including phenoxy) is 1. The molecule has 8 nitrogen and oxygen atoms in total. The van der Waals surface area contributed by atoms with Crippen LogP contribution >= 0.6 is 0 Å². The van der Waals surface area contributed by atoms with E-state index in [0.29, 0.717) is 23.7 Å². The van der Waals surface area contributed by atoms with Gasteiger partial charge >= 0.3 is 6.03 Å². The van der Waals surface area contributed by atoms with Gasteiger partial charge in [-0.25, -0.2) is 4.79 Å². The van der Waals surface area contributed by atoms with Gasteiger partial charge < -0.3 is 15.0 Å². The van der Waals surface area contributed by atoms with E-state index in [0.717, 1.165) is 31.7 Å². The number of rotatable bonds is 5. The lowest BCUT2D eigenvalue weighted by atomic mass is 10.1. The van der Waals surface area contributed by atoms with Crippen molar-refractivity contribution in [2.75, 3.05) is 47.9 Å². The Morgan fingerprint density at radius 2 is 1.68 bits per heavy atom. The maximum absolute atomic E-state index is 13.0. The SMILES string of the molecule is CCOc1ccc(NC(=O)N2CC(=O)N(CC(=O)N3CCCC3)c3ccccc32)cc1. The first-order chi connectivity index (χ1) is 15.1. The number of benzene rings is 2. The zero-order chi connectivity index (χ0) is 21.8. The smallest absolute Gasteiger partial charge is 0.326 e. The van der Waals surface area contributed by atoms with Crippen molar-refractivity contribution in [2.45, 2.75) is 19.8 Å². The van der Waals surface area contributed by atoms with Crippen LogP contribution in [0.25, 0.3) is 0 Å². The summed E-state index contributed by atoms with van der Waals surface area (Å²) in [6.45, 7) is 3.80. The van der Waals surface area contributed by atoms with Crippen LogP contribution in [0.15, 0.2) is 48.5 Å². The molecule has 1 saturated heterocycles. The Morgan fingerprint density at radius 1 is 1.00 bits per heavy atom. The maximum atomic E-state index is 13.0. The highest BCUT2D eigenvalue weighted by Crippen LogP contribution is 2.34. The Hall–Kier alpha value is -3.55. The average Bonchev–Trinajstić information content (AvgIpc) is 3.32. The summed E-state index contributed by atoms with van der Waals surface area (Å²) in [6.07, 6.45) is 1.99. The van der Waals surface area contributed by atoms with Gasteiger partial charge in [-0.15, -0.1) is 0 Å². The molecular formula is C23H26N4O4. The number of amides is 4. The summed E-state index contributed by atoms with van der Waals surface area (Å²) in [5.74, 6) is 0.373. The van der Waals surface area contributed by atoms with Crippen molar-refractivity contribution in [3.63, 3.8) is 0 Å². The molecule has 1 fully saturated rings. The van der Waals surface area contributed by atoms with Crippen molar-refractivity contribution in [1.29, 1.82) is 0 Å². The van der Waals surface area contributed by atoms with E-state index in [2.05, 4.69) is 5.32 Å². The van der Waals surface area contributed by atoms with Gasteiger partial charge in [0.1, 0.15) is 18.8 Å². The predicted octanol–water partition coefficient (Wildman–Crippen LogP) is 3.09. The van der Waals surface area contributed by atoms with Crippen LogP contribution in [0.3, 0.4) is 0 Å². The first kappa shape index (κ1) is 20.7. The van der Waals surface area contributed by atoms with E-state index in [-0.39, 0.29) is 24.9 Å². The molecule has 0 bridgehead atoms. The van der Waals surface area contributed by atoms with Crippen molar-refractivity contribution in [3.8, 4) is 5.75 Å². The second-order valence-electron chi connectivity index (χ2n) is 7.53. The van der Waals surface area contributed by atoms with Crippen molar-refractivity contribution < 1.29 is 19.1 Å². The van der Waals surface area contributed by atoms with Crippen LogP contribution < -0.4 is 19.9 Å². The van der Waals surface area contributed by atoms with E-state index in [1.807, 2.05) is 13.0 Å². The van der Waals surface area contributed by atoms with Gasteiger partial charge in [0.2, 0.25) is 11.8 Å². The minimum Gasteiger partial charge on any atom is -0.494 e. The molecule has 162 valence electrons. The van der Waals surface area contributed by atoms with Gasteiger partial charge in [0.05, 0.1) is 18.0 Å². The van der Waals surface area contributed by atoms with E-state index in [9.17, 15) is 14.4 Å². The molecule has 4 amide bonds. The molecule has 0 aromatic heterocycles. The van der Waals surface area contributed by atoms with Crippen LogP contribution in [0.4, 0.5) is 21.9 Å². The Bertz CT molecular complexity index is 970. The molecule has 4 rings (SSSR count). The van der Waals surface area contributed by atoms with E-state index >= 15 is 0 Å². The number of hydrogen-bond donors (Lipinski definition) is 1. The second-order valence-corrected chi connectivity index (χ2v) is 7.53. The lowest BCUT2D eigenvalue weighted by molar-refractivity contribution is -0.130. The van der Waals surface area contributed by atoms with Gasteiger partial charge in [-0.1, -0.05) is 12.1 Å². The molecule has 2 aliphatic rings. The van der Waals surface area contributed by atoms with E-state index in [1.54, 1.807) is 47.4 Å². The van der Waals surface area contributed by atoms with E-state index in [1.165, 1.54) is 9.80 Å². The van der Waals surface area contributed by atoms with Crippen molar-refractivity contribution in [1.82, 2.24) is 4.90 Å². The molecule has 0 unspecified atom stereocenters. The van der Waals surface area contributed by atoms with Gasteiger partial charge in [-0.05, 0) is 56.2 Å². The van der Waals surface area contributed by atoms with E-state index in [4.69, 9.17) is 4.74 Å². The molecule has 8 heteroatoms. The third kappa shape index (κ3) is 4.47. The molecule has 0 spiro atoms. The van der Waals surface area contributed by atoms with Gasteiger partial charge in [0, 0.05) is 18.8 Å². The van der Waals surface area contributed by atoms with Crippen molar-refractivity contribution >= 4 is 34.9 Å². The summed E-state index contributed by atoms with van der Waals surface area (Å²) >= 11 is 0. The van der Waals surface area contributed by atoms with Crippen LogP contribution in [-0.4, -0.2) is 55.5 Å². The quantitative estimate of drug-likeness (QED) is 0.803. The molecule has 2 aromatic rings. The second kappa shape index (κ2) is 9.07. The van der Waals surface area contributed by atoms with Crippen LogP contribution in [-0.2, 0) is 9.59 Å². The van der Waals surface area contributed by atoms with Gasteiger partial charge in [0.25, 0.3) is 0 Å². The third-order valence-corrected chi connectivity index (χ3v) is 5.47. The fraction of sp³-hybridized carbons (Fsp3) is 0.348. The average molecular weight is 422 g/mol. The monoisotopic (exact) mass is 422 g/mol. The Morgan fingerprint density at radius 3 is 2.35 bits per heavy atom. The maximum Gasteiger partial charge on any atom is 0.326 e. The lowest BCUT2D eigenvalue weighted by Gasteiger charge is -2.36. The van der Waals surface area contributed by atoms with Crippen molar-refractivity contribution in [2.24, 2.45) is 0 Å². The minimum atomic E-state index is -0.407. The highest BCUT2D eigenvalue weighted by molar-refractivity contribution is 6.15. The number of fused-ring (bicyclic) bond motifs is 1. The summed E-state index contributed by atoms with van der Waals surface area (Å²) in [6, 6.07) is 13.8. The van der Waals surface area contributed by atoms with Crippen LogP contribution in [0.5, 0.6) is 5.75 Å². The van der Waals surface area contributed by atoms with Gasteiger partial charge in [-0.2, -0.15) is 0 Å². The molecule has 2 aromatic carbocycles. The lowest BCUT2D eigenvalue weighted by Crippen LogP contribution is -2.52. The molecule has 31 heavy (non-hydrogen) atoms. The Labute approximate surface area is 181 Å². The number of urea groups is 1. The van der Waals surface area contributed by atoms with Gasteiger partial charge in [0.15, 0.2) is 0 Å². The number of carbonyl (C=O) groups excluding carboxylic acids is 3. The largest absolute Gasteiger partial charge is 0.494 e. The molecule has 1 N–H and O–H groups in total. The number of anilines is 3. The highest BCUT2D eigenvalue weighted by Gasteiger charge is 2.34. The first-order valence-electron chi connectivity index (χ1n) is 10.6. The summed E-state index contributed by atoms with van der Waals surface area (Å²) in [4.78, 5) is 43.2. The highest BCUT2D eigenvalue weighted by atomic mass is 16.5. The summed E-state index contributed by atoms with van der Waals surface area (Å²) < 4.78 is 5.42. The molecule has 0 saturated carbocycles. The number of para-hydroxylation sites is 2. The molecule has 0 aliphatic carbocycles. The number of carbonyl (C=O) groups is 3. The number of nitrogens with one attached hydrogen (secondary N) is 1. The number of hydrogen-bond acceptors (Lipinski definition) is 4. The number of likely N-dealkylation sites (tertiary alicyclic amines) is 1. The minimum absolute atomic E-state index is 0.00973. The molecule has 0 radical (unpaired) electrons. The predicted molar refractivity (Wildman–Crippen MR) is 119 cm³/mol. The van der Waals surface area contributed by atoms with Crippen LogP contribution in [0, 0.1) is 0 Å². The topological polar surface area (TPSA) is 82.2 Å². The van der Waals surface area contributed by atoms with Crippen molar-refractivity contribution in [3.05, 3.63) is 48.5 Å². The number of nitrogens with zero attached hydrogens (tertiary/aromatic N) is 3. The van der Waals surface area contributed by atoms with Crippen LogP contribution in [0.2, 0.25) is 0 Å².